The van der Waals surface area contributed by atoms with E-state index in [2.05, 4.69) is 29.5 Å². The first-order chi connectivity index (χ1) is 16.9. The van der Waals surface area contributed by atoms with Crippen molar-refractivity contribution in [2.45, 2.75) is 52.7 Å². The summed E-state index contributed by atoms with van der Waals surface area (Å²) in [7, 11) is 0. The second-order valence-electron chi connectivity index (χ2n) is 8.83. The van der Waals surface area contributed by atoms with Crippen molar-refractivity contribution in [3.63, 3.8) is 0 Å². The molecule has 1 aliphatic rings. The Hall–Kier alpha value is -3.10. The fourth-order valence-corrected chi connectivity index (χ4v) is 4.49. The summed E-state index contributed by atoms with van der Waals surface area (Å²) in [4.78, 5) is 6.74. The average molecular weight is 495 g/mol. The first-order valence-corrected chi connectivity index (χ1v) is 12.4. The first kappa shape index (κ1) is 25.0. The molecule has 184 valence electrons. The lowest BCUT2D eigenvalue weighted by atomic mass is 9.94. The molecule has 1 N–H and O–H groups in total. The zero-order chi connectivity index (χ0) is 24.9. The van der Waals surface area contributed by atoms with Crippen LogP contribution in [0.5, 0.6) is 0 Å². The molecule has 8 heteroatoms. The van der Waals surface area contributed by atoms with E-state index in [9.17, 15) is 4.39 Å². The molecule has 1 unspecified atom stereocenters. The van der Waals surface area contributed by atoms with Gasteiger partial charge in [0, 0.05) is 24.4 Å². The van der Waals surface area contributed by atoms with E-state index >= 15 is 0 Å². The minimum Gasteiger partial charge on any atom is -0.379 e. The molecule has 3 aromatic rings. The van der Waals surface area contributed by atoms with Crippen molar-refractivity contribution >= 4 is 22.9 Å². The number of halogens is 1. The molecule has 4 rings (SSSR count). The minimum absolute atomic E-state index is 0.175. The molecule has 6 nitrogen and oxygen atoms in total. The number of hydrogen-bond acceptors (Lipinski definition) is 5. The van der Waals surface area contributed by atoms with Crippen LogP contribution in [-0.4, -0.2) is 39.4 Å². The Balaban J connectivity index is 1.70. The number of hydrogen-bond donors (Lipinski definition) is 1. The highest BCUT2D eigenvalue weighted by Gasteiger charge is 2.34. The minimum atomic E-state index is -0.419. The van der Waals surface area contributed by atoms with Crippen LogP contribution in [0.1, 0.15) is 57.2 Å². The van der Waals surface area contributed by atoms with Gasteiger partial charge in [-0.2, -0.15) is 4.98 Å². The summed E-state index contributed by atoms with van der Waals surface area (Å²) < 4.78 is 25.6. The molecular weight excluding hydrogens is 463 g/mol. The van der Waals surface area contributed by atoms with E-state index in [0.717, 1.165) is 35.2 Å². The fraction of sp³-hybridized carbons (Fsp3) is 0.370. The molecule has 1 atom stereocenters. The van der Waals surface area contributed by atoms with E-state index in [4.69, 9.17) is 26.5 Å². The van der Waals surface area contributed by atoms with Crippen LogP contribution in [-0.2, 0) is 11.2 Å². The van der Waals surface area contributed by atoms with Crippen LogP contribution in [0.3, 0.4) is 0 Å². The van der Waals surface area contributed by atoms with Crippen LogP contribution in [0, 0.1) is 5.82 Å². The van der Waals surface area contributed by atoms with Gasteiger partial charge in [0.25, 0.3) is 5.89 Å². The summed E-state index contributed by atoms with van der Waals surface area (Å²) in [6.07, 6.45) is 1.94. The van der Waals surface area contributed by atoms with Gasteiger partial charge in [0.1, 0.15) is 5.82 Å². The maximum atomic E-state index is 14.1. The Bertz CT molecular complexity index is 1210. The highest BCUT2D eigenvalue weighted by molar-refractivity contribution is 7.80. The van der Waals surface area contributed by atoms with Crippen molar-refractivity contribution < 1.29 is 13.7 Å². The number of allylic oxidation sites excluding steroid dienone is 1. The number of aromatic nitrogens is 2. The molecule has 0 radical (unpaired) electrons. The highest BCUT2D eigenvalue weighted by atomic mass is 32.1. The molecule has 0 bridgehead atoms. The molecule has 2 heterocycles. The molecule has 2 aromatic carbocycles. The van der Waals surface area contributed by atoms with Crippen LogP contribution >= 0.6 is 12.2 Å². The second kappa shape index (κ2) is 11.1. The summed E-state index contributed by atoms with van der Waals surface area (Å²) in [6.45, 7) is 9.43. The Kier molecular flexibility index (Phi) is 7.93. The maximum Gasteiger partial charge on any atom is 0.258 e. The van der Waals surface area contributed by atoms with E-state index in [1.807, 2.05) is 43.9 Å². The topological polar surface area (TPSA) is 63.4 Å². The van der Waals surface area contributed by atoms with E-state index in [0.29, 0.717) is 30.0 Å². The quantitative estimate of drug-likeness (QED) is 0.293. The number of nitrogens with one attached hydrogen (secondary N) is 1. The smallest absolute Gasteiger partial charge is 0.258 e. The molecule has 1 aliphatic heterocycles. The number of ether oxygens (including phenoxy) is 1. The largest absolute Gasteiger partial charge is 0.379 e. The van der Waals surface area contributed by atoms with E-state index in [-0.39, 0.29) is 11.9 Å². The van der Waals surface area contributed by atoms with Gasteiger partial charge in [-0.05, 0) is 69.1 Å². The van der Waals surface area contributed by atoms with Crippen LogP contribution < -0.4 is 5.32 Å². The van der Waals surface area contributed by atoms with Crippen LogP contribution in [0.15, 0.2) is 58.8 Å². The lowest BCUT2D eigenvalue weighted by molar-refractivity contribution is 0.0749. The summed E-state index contributed by atoms with van der Waals surface area (Å²) in [6, 6.07) is 14.2. The highest BCUT2D eigenvalue weighted by Crippen LogP contribution is 2.37. The maximum absolute atomic E-state index is 14.1. The van der Waals surface area contributed by atoms with Gasteiger partial charge >= 0.3 is 0 Å². The molecule has 0 fully saturated rings. The van der Waals surface area contributed by atoms with Gasteiger partial charge < -0.3 is 19.5 Å². The van der Waals surface area contributed by atoms with Gasteiger partial charge in [-0.15, -0.1) is 0 Å². The van der Waals surface area contributed by atoms with E-state index < -0.39 is 6.04 Å². The molecule has 1 aromatic heterocycles. The van der Waals surface area contributed by atoms with Crippen molar-refractivity contribution in [2.75, 3.05) is 13.2 Å². The van der Waals surface area contributed by atoms with Crippen LogP contribution in [0.4, 0.5) is 4.39 Å². The Labute approximate surface area is 211 Å². The summed E-state index contributed by atoms with van der Waals surface area (Å²) in [5.41, 5.74) is 4.52. The number of aryl methyl sites for hydroxylation is 1. The molecule has 0 aliphatic carbocycles. The van der Waals surface area contributed by atoms with Crippen LogP contribution in [0.25, 0.3) is 17.0 Å². The van der Waals surface area contributed by atoms with Crippen molar-refractivity contribution in [1.82, 2.24) is 20.4 Å². The Morgan fingerprint density at radius 3 is 2.66 bits per heavy atom. The number of benzene rings is 2. The van der Waals surface area contributed by atoms with Crippen LogP contribution in [0.2, 0.25) is 0 Å². The third kappa shape index (κ3) is 5.77. The first-order valence-electron chi connectivity index (χ1n) is 12.0. The number of rotatable bonds is 9. The standard InChI is InChI=1S/C27H31FN4O2S/c1-5-19-10-12-20(13-11-19)25-30-26(34-31-25)23-18(4)32(14-7-15-33-17(2)3)27(35)29-24(23)21-8-6-9-22(28)16-21/h6,8-13,16-17,24H,5,7,14-15H2,1-4H3,(H,29,35). The van der Waals surface area contributed by atoms with Crippen molar-refractivity contribution in [3.8, 4) is 11.4 Å². The van der Waals surface area contributed by atoms with Gasteiger partial charge in [0.15, 0.2) is 5.11 Å². The van der Waals surface area contributed by atoms with Gasteiger partial charge in [-0.3, -0.25) is 0 Å². The summed E-state index contributed by atoms with van der Waals surface area (Å²) in [5.74, 6) is 0.568. The van der Waals surface area contributed by atoms with E-state index in [1.54, 1.807) is 6.07 Å². The Morgan fingerprint density at radius 2 is 1.97 bits per heavy atom. The van der Waals surface area contributed by atoms with Gasteiger partial charge in [-0.1, -0.05) is 48.5 Å². The molecule has 0 amide bonds. The lowest BCUT2D eigenvalue weighted by Gasteiger charge is -2.37. The summed E-state index contributed by atoms with van der Waals surface area (Å²) >= 11 is 5.70. The van der Waals surface area contributed by atoms with Gasteiger partial charge in [0.2, 0.25) is 5.82 Å². The van der Waals surface area contributed by atoms with Gasteiger partial charge in [0.05, 0.1) is 17.7 Å². The lowest BCUT2D eigenvalue weighted by Crippen LogP contribution is -2.46. The molecule has 0 spiro atoms. The number of thiocarbonyl (C=S) groups is 1. The zero-order valence-electron chi connectivity index (χ0n) is 20.5. The fourth-order valence-electron chi connectivity index (χ4n) is 4.15. The molecule has 0 saturated carbocycles. The molecule has 0 saturated heterocycles. The predicted octanol–water partition coefficient (Wildman–Crippen LogP) is 5.92. The molecule has 35 heavy (non-hydrogen) atoms. The normalized spacial score (nSPS) is 16.2. The van der Waals surface area contributed by atoms with Crippen molar-refractivity contribution in [3.05, 3.63) is 77.1 Å². The monoisotopic (exact) mass is 494 g/mol. The third-order valence-corrected chi connectivity index (χ3v) is 6.37. The van der Waals surface area contributed by atoms with Gasteiger partial charge in [-0.25, -0.2) is 4.39 Å². The summed E-state index contributed by atoms with van der Waals surface area (Å²) in [5, 5.41) is 8.18. The second-order valence-corrected chi connectivity index (χ2v) is 9.22. The predicted molar refractivity (Wildman–Crippen MR) is 139 cm³/mol. The van der Waals surface area contributed by atoms with E-state index in [1.165, 1.54) is 17.7 Å². The SMILES string of the molecule is CCc1ccc(-c2noc(C3=C(C)N(CCCOC(C)C)C(=S)NC3c3cccc(F)c3)n2)cc1. The van der Waals surface area contributed by atoms with Crippen molar-refractivity contribution in [2.24, 2.45) is 0 Å². The van der Waals surface area contributed by atoms with Crippen molar-refractivity contribution in [1.29, 1.82) is 0 Å². The average Bonchev–Trinajstić information content (AvgIpc) is 3.32. The third-order valence-electron chi connectivity index (χ3n) is 6.03. The Morgan fingerprint density at radius 1 is 1.20 bits per heavy atom. The number of nitrogens with zero attached hydrogens (tertiary/aromatic N) is 3. The molecular formula is C27H31FN4O2S. The zero-order valence-corrected chi connectivity index (χ0v) is 21.4.